The Morgan fingerprint density at radius 1 is 1.12 bits per heavy atom. The second-order valence-electron chi connectivity index (χ2n) is 8.60. The summed E-state index contributed by atoms with van der Waals surface area (Å²) in [6.07, 6.45) is 7.56. The molecule has 0 aromatic carbocycles. The van der Waals surface area contributed by atoms with E-state index in [0.29, 0.717) is 23.0 Å². The number of ketones is 1. The van der Waals surface area contributed by atoms with E-state index in [0.717, 1.165) is 19.3 Å². The summed E-state index contributed by atoms with van der Waals surface area (Å²) in [5.74, 6) is 0.246. The molecule has 2 rings (SSSR count). The fourth-order valence-electron chi connectivity index (χ4n) is 4.95. The van der Waals surface area contributed by atoms with Gasteiger partial charge in [0, 0.05) is 6.42 Å². The van der Waals surface area contributed by atoms with Crippen molar-refractivity contribution >= 4 is 14.1 Å². The molecule has 0 saturated heterocycles. The first-order chi connectivity index (χ1) is 11.2. The van der Waals surface area contributed by atoms with Gasteiger partial charge in [-0.15, -0.1) is 0 Å². The molecular weight excluding hydrogens is 316 g/mol. The molecule has 138 valence electrons. The third-order valence-corrected chi connectivity index (χ3v) is 12.2. The average Bonchev–Trinajstić information content (AvgIpc) is 2.48. The molecule has 1 fully saturated rings. The Balaban J connectivity index is 2.25. The smallest absolute Gasteiger partial charge is 0.201 e. The van der Waals surface area contributed by atoms with Crippen molar-refractivity contribution in [3.8, 4) is 0 Å². The summed E-state index contributed by atoms with van der Waals surface area (Å²) in [6, 6.07) is 0. The molecule has 24 heavy (non-hydrogen) atoms. The van der Waals surface area contributed by atoms with E-state index in [1.54, 1.807) is 0 Å². The molecule has 1 aliphatic carbocycles. The highest BCUT2D eigenvalue weighted by Crippen LogP contribution is 2.45. The van der Waals surface area contributed by atoms with Crippen LogP contribution in [0.5, 0.6) is 0 Å². The van der Waals surface area contributed by atoms with Crippen molar-refractivity contribution in [2.75, 3.05) is 0 Å². The summed E-state index contributed by atoms with van der Waals surface area (Å²) < 4.78 is 13.1. The maximum atomic E-state index is 12.4. The number of carbonyl (C=O) groups excluding carboxylic acids is 1. The first kappa shape index (κ1) is 19.9. The maximum Gasteiger partial charge on any atom is 0.201 e. The fraction of sp³-hybridized carbons (Fsp3) is 0.850. The molecule has 0 aromatic heterocycles. The van der Waals surface area contributed by atoms with E-state index in [1.165, 1.54) is 0 Å². The monoisotopic (exact) mass is 352 g/mol. The summed E-state index contributed by atoms with van der Waals surface area (Å²) in [5, 5.41) is 0. The van der Waals surface area contributed by atoms with Gasteiger partial charge in [-0.2, -0.15) is 0 Å². The van der Waals surface area contributed by atoms with Gasteiger partial charge < -0.3 is 9.16 Å². The molecule has 0 aromatic rings. The van der Waals surface area contributed by atoms with Crippen LogP contribution >= 0.6 is 0 Å². The molecule has 3 atom stereocenters. The van der Waals surface area contributed by atoms with Crippen molar-refractivity contribution in [1.29, 1.82) is 0 Å². The van der Waals surface area contributed by atoms with Gasteiger partial charge in [0.05, 0.1) is 12.2 Å². The molecule has 4 heteroatoms. The molecule has 0 N–H and O–H groups in total. The predicted molar refractivity (Wildman–Crippen MR) is 102 cm³/mol. The Kier molecular flexibility index (Phi) is 6.15. The van der Waals surface area contributed by atoms with E-state index in [9.17, 15) is 4.79 Å². The standard InChI is InChI=1S/C20H36O3Si/c1-14(2)24(15(3)4,16(5)6)23-18-11-13-20(22-17(18)7)12-9-8-10-19(20)21/h11,13-18H,8-10,12H2,1-7H3/t17-,18+,20-/m0/s1. The summed E-state index contributed by atoms with van der Waals surface area (Å²) in [7, 11) is -1.95. The molecule has 1 heterocycles. The minimum atomic E-state index is -1.95. The lowest BCUT2D eigenvalue weighted by Crippen LogP contribution is -2.55. The number of Topliss-reactive ketones (excluding diaryl/α,β-unsaturated/α-hetero) is 1. The molecule has 3 nitrogen and oxygen atoms in total. The summed E-state index contributed by atoms with van der Waals surface area (Å²) in [5.41, 5.74) is 0.968. The van der Waals surface area contributed by atoms with E-state index in [2.05, 4.69) is 54.5 Å². The Morgan fingerprint density at radius 2 is 1.71 bits per heavy atom. The molecule has 0 bridgehead atoms. The van der Waals surface area contributed by atoms with Crippen LogP contribution in [0.15, 0.2) is 12.2 Å². The first-order valence-electron chi connectivity index (χ1n) is 9.74. The summed E-state index contributed by atoms with van der Waals surface area (Å²) >= 11 is 0. The summed E-state index contributed by atoms with van der Waals surface area (Å²) in [6.45, 7) is 15.9. The fourth-order valence-corrected chi connectivity index (χ4v) is 10.5. The molecule has 2 aliphatic rings. The predicted octanol–water partition coefficient (Wildman–Crippen LogP) is 5.40. The van der Waals surface area contributed by atoms with Gasteiger partial charge in [-0.25, -0.2) is 0 Å². The lowest BCUT2D eigenvalue weighted by molar-refractivity contribution is -0.157. The Morgan fingerprint density at radius 3 is 2.17 bits per heavy atom. The van der Waals surface area contributed by atoms with Crippen molar-refractivity contribution in [1.82, 2.24) is 0 Å². The van der Waals surface area contributed by atoms with Gasteiger partial charge >= 0.3 is 0 Å². The van der Waals surface area contributed by atoms with E-state index in [1.807, 2.05) is 6.08 Å². The number of rotatable bonds is 5. The normalized spacial score (nSPS) is 31.7. The van der Waals surface area contributed by atoms with Crippen LogP contribution < -0.4 is 0 Å². The molecule has 1 saturated carbocycles. The largest absolute Gasteiger partial charge is 0.407 e. The van der Waals surface area contributed by atoms with Crippen molar-refractivity contribution < 1.29 is 14.0 Å². The van der Waals surface area contributed by atoms with Gasteiger partial charge in [0.1, 0.15) is 5.60 Å². The zero-order valence-electron chi connectivity index (χ0n) is 16.6. The highest BCUT2D eigenvalue weighted by atomic mass is 28.4. The maximum absolute atomic E-state index is 12.4. The molecule has 1 spiro atoms. The van der Waals surface area contributed by atoms with E-state index in [-0.39, 0.29) is 18.0 Å². The Bertz CT molecular complexity index is 462. The van der Waals surface area contributed by atoms with Crippen LogP contribution in [-0.2, 0) is 14.0 Å². The van der Waals surface area contributed by atoms with Crippen molar-refractivity contribution in [2.45, 2.75) is 109 Å². The minimum absolute atomic E-state index is 0.0378. The van der Waals surface area contributed by atoms with Crippen LogP contribution in [0.25, 0.3) is 0 Å². The quantitative estimate of drug-likeness (QED) is 0.490. The molecule has 1 aliphatic heterocycles. The van der Waals surface area contributed by atoms with Gasteiger partial charge in [0.25, 0.3) is 0 Å². The first-order valence-corrected chi connectivity index (χ1v) is 11.9. The van der Waals surface area contributed by atoms with E-state index < -0.39 is 13.9 Å². The van der Waals surface area contributed by atoms with Crippen molar-refractivity contribution in [3.05, 3.63) is 12.2 Å². The molecule has 0 radical (unpaired) electrons. The van der Waals surface area contributed by atoms with Gasteiger partial charge in [-0.1, -0.05) is 47.6 Å². The molecule has 0 amide bonds. The van der Waals surface area contributed by atoms with Gasteiger partial charge in [0.15, 0.2) is 5.78 Å². The highest BCUT2D eigenvalue weighted by Gasteiger charge is 2.49. The van der Waals surface area contributed by atoms with E-state index >= 15 is 0 Å². The number of carbonyl (C=O) groups is 1. The number of hydrogen-bond donors (Lipinski definition) is 0. The Labute approximate surface area is 149 Å². The third kappa shape index (κ3) is 3.42. The van der Waals surface area contributed by atoms with Crippen LogP contribution in [-0.4, -0.2) is 31.9 Å². The number of hydrogen-bond acceptors (Lipinski definition) is 3. The third-order valence-electron chi connectivity index (χ3n) is 6.14. The second-order valence-corrected chi connectivity index (χ2v) is 14.0. The lowest BCUT2D eigenvalue weighted by Gasteiger charge is -2.48. The van der Waals surface area contributed by atoms with Crippen LogP contribution in [0.1, 0.15) is 74.1 Å². The van der Waals surface area contributed by atoms with Crippen LogP contribution in [0, 0.1) is 0 Å². The summed E-state index contributed by atoms with van der Waals surface area (Å²) in [4.78, 5) is 12.4. The van der Waals surface area contributed by atoms with E-state index in [4.69, 9.17) is 9.16 Å². The second kappa shape index (κ2) is 7.43. The SMILES string of the molecule is CC(C)[Si](O[C@@H]1C=C[C@]2(CCCCC2=O)O[C@H]1C)(C(C)C)C(C)C. The van der Waals surface area contributed by atoms with Crippen molar-refractivity contribution in [2.24, 2.45) is 0 Å². The molecule has 0 unspecified atom stereocenters. The average molecular weight is 353 g/mol. The van der Waals surface area contributed by atoms with Gasteiger partial charge in [-0.05, 0) is 48.9 Å². The van der Waals surface area contributed by atoms with Gasteiger partial charge in [-0.3, -0.25) is 4.79 Å². The highest BCUT2D eigenvalue weighted by molar-refractivity contribution is 6.77. The van der Waals surface area contributed by atoms with Gasteiger partial charge in [0.2, 0.25) is 8.32 Å². The van der Waals surface area contributed by atoms with Crippen LogP contribution in [0.2, 0.25) is 16.6 Å². The number of ether oxygens (including phenoxy) is 1. The van der Waals surface area contributed by atoms with Crippen molar-refractivity contribution in [3.63, 3.8) is 0 Å². The molecular formula is C20H36O3Si. The van der Waals surface area contributed by atoms with Crippen LogP contribution in [0.3, 0.4) is 0 Å². The Hall–Kier alpha value is -0.453. The minimum Gasteiger partial charge on any atom is -0.407 e. The zero-order valence-corrected chi connectivity index (χ0v) is 17.6. The topological polar surface area (TPSA) is 35.5 Å². The lowest BCUT2D eigenvalue weighted by atomic mass is 9.81. The zero-order chi connectivity index (χ0) is 18.1. The van der Waals surface area contributed by atoms with Crippen LogP contribution in [0.4, 0.5) is 0 Å².